The number of likely N-dealkylation sites (N-methyl/N-ethyl adjacent to an activating group) is 1. The summed E-state index contributed by atoms with van der Waals surface area (Å²) in [5.41, 5.74) is 0. The number of methoxy groups -OCH3 is 1. The van der Waals surface area contributed by atoms with Gasteiger partial charge in [-0.05, 0) is 7.05 Å². The first-order valence-electron chi connectivity index (χ1n) is 4.74. The fourth-order valence-corrected chi connectivity index (χ4v) is 1.43. The molecule has 1 aliphatic heterocycles. The summed E-state index contributed by atoms with van der Waals surface area (Å²) in [6.07, 6.45) is 0.736. The Balaban J connectivity index is 2.23. The molecule has 0 spiro atoms. The van der Waals surface area contributed by atoms with Crippen LogP contribution in [0.4, 0.5) is 0 Å². The van der Waals surface area contributed by atoms with Crippen LogP contribution in [0.5, 0.6) is 0 Å². The van der Waals surface area contributed by atoms with Gasteiger partial charge in [0, 0.05) is 39.7 Å². The first kappa shape index (κ1) is 10.5. The smallest absolute Gasteiger partial charge is 0.0981 e. The highest BCUT2D eigenvalue weighted by Gasteiger charge is 2.15. The van der Waals surface area contributed by atoms with Gasteiger partial charge >= 0.3 is 0 Å². The lowest BCUT2D eigenvalue weighted by Gasteiger charge is -2.34. The zero-order chi connectivity index (χ0) is 9.68. The second-order valence-electron chi connectivity index (χ2n) is 3.48. The van der Waals surface area contributed by atoms with Crippen molar-refractivity contribution < 1.29 is 4.74 Å². The Morgan fingerprint density at radius 1 is 1.31 bits per heavy atom. The molecule has 0 radical (unpaired) electrons. The molecule has 13 heavy (non-hydrogen) atoms. The molecule has 0 aliphatic carbocycles. The van der Waals surface area contributed by atoms with Crippen LogP contribution in [0.3, 0.4) is 0 Å². The van der Waals surface area contributed by atoms with Crippen LogP contribution in [0.15, 0.2) is 0 Å². The van der Waals surface area contributed by atoms with Crippen LogP contribution in [-0.2, 0) is 4.74 Å². The lowest BCUT2D eigenvalue weighted by Crippen LogP contribution is -2.47. The first-order chi connectivity index (χ1) is 6.24. The molecule has 1 N–H and O–H groups in total. The van der Waals surface area contributed by atoms with E-state index in [0.29, 0.717) is 6.61 Å². The standard InChI is InChI=1S/C9H19N3O/c1-11-4-6-12(7-5-11)9(10)3-8-13-2/h10H,3-8H2,1-2H3. The number of amidine groups is 1. The Morgan fingerprint density at radius 2 is 1.92 bits per heavy atom. The van der Waals surface area contributed by atoms with Crippen LogP contribution in [-0.4, -0.2) is 62.6 Å². The summed E-state index contributed by atoms with van der Waals surface area (Å²) >= 11 is 0. The van der Waals surface area contributed by atoms with E-state index in [-0.39, 0.29) is 0 Å². The van der Waals surface area contributed by atoms with Gasteiger partial charge in [0.25, 0.3) is 0 Å². The highest BCUT2D eigenvalue weighted by atomic mass is 16.5. The van der Waals surface area contributed by atoms with Crippen LogP contribution < -0.4 is 0 Å². The number of rotatable bonds is 3. The molecule has 1 fully saturated rings. The van der Waals surface area contributed by atoms with E-state index in [1.807, 2.05) is 0 Å². The molecule has 0 unspecified atom stereocenters. The molecule has 0 aromatic heterocycles. The third-order valence-corrected chi connectivity index (χ3v) is 2.43. The zero-order valence-electron chi connectivity index (χ0n) is 8.55. The molecule has 0 aromatic carbocycles. The van der Waals surface area contributed by atoms with E-state index in [4.69, 9.17) is 10.1 Å². The van der Waals surface area contributed by atoms with E-state index in [1.165, 1.54) is 0 Å². The van der Waals surface area contributed by atoms with Crippen LogP contribution in [0.2, 0.25) is 0 Å². The van der Waals surface area contributed by atoms with Gasteiger partial charge < -0.3 is 14.5 Å². The fraction of sp³-hybridized carbons (Fsp3) is 0.889. The van der Waals surface area contributed by atoms with Crippen molar-refractivity contribution >= 4 is 5.84 Å². The van der Waals surface area contributed by atoms with Crippen molar-refractivity contribution in [3.8, 4) is 0 Å². The average molecular weight is 185 g/mol. The Bertz CT molecular complexity index is 164. The van der Waals surface area contributed by atoms with E-state index in [0.717, 1.165) is 38.4 Å². The average Bonchev–Trinajstić information content (AvgIpc) is 2.15. The SMILES string of the molecule is COCCC(=N)N1CCN(C)CC1. The normalized spacial score (nSPS) is 19.1. The predicted molar refractivity (Wildman–Crippen MR) is 53.3 cm³/mol. The third kappa shape index (κ3) is 3.32. The summed E-state index contributed by atoms with van der Waals surface area (Å²) in [5, 5.41) is 7.78. The molecule has 4 nitrogen and oxygen atoms in total. The molecule has 1 aliphatic rings. The molecule has 0 atom stereocenters. The van der Waals surface area contributed by atoms with Gasteiger partial charge in [0.1, 0.15) is 0 Å². The monoisotopic (exact) mass is 185 g/mol. The maximum atomic E-state index is 7.78. The van der Waals surface area contributed by atoms with Gasteiger partial charge in [0.2, 0.25) is 0 Å². The Morgan fingerprint density at radius 3 is 2.46 bits per heavy atom. The van der Waals surface area contributed by atoms with E-state index in [2.05, 4.69) is 16.8 Å². The van der Waals surface area contributed by atoms with Crippen LogP contribution in [0.25, 0.3) is 0 Å². The van der Waals surface area contributed by atoms with E-state index in [1.54, 1.807) is 7.11 Å². The predicted octanol–water partition coefficient (Wildman–Crippen LogP) is 0.248. The van der Waals surface area contributed by atoms with Crippen molar-refractivity contribution in [3.05, 3.63) is 0 Å². The summed E-state index contributed by atoms with van der Waals surface area (Å²) in [6, 6.07) is 0. The number of nitrogens with zero attached hydrogens (tertiary/aromatic N) is 2. The summed E-state index contributed by atoms with van der Waals surface area (Å²) < 4.78 is 4.95. The van der Waals surface area contributed by atoms with Gasteiger partial charge in [-0.2, -0.15) is 0 Å². The highest BCUT2D eigenvalue weighted by Crippen LogP contribution is 2.01. The van der Waals surface area contributed by atoms with Gasteiger partial charge in [-0.25, -0.2) is 0 Å². The lowest BCUT2D eigenvalue weighted by molar-refractivity contribution is 0.190. The molecule has 1 rings (SSSR count). The summed E-state index contributed by atoms with van der Waals surface area (Å²) in [6.45, 7) is 4.76. The summed E-state index contributed by atoms with van der Waals surface area (Å²) in [4.78, 5) is 4.43. The molecular formula is C9H19N3O. The quantitative estimate of drug-likeness (QED) is 0.506. The minimum atomic E-state index is 0.658. The van der Waals surface area contributed by atoms with Crippen molar-refractivity contribution in [2.75, 3.05) is 46.9 Å². The minimum absolute atomic E-state index is 0.658. The van der Waals surface area contributed by atoms with Crippen molar-refractivity contribution in [1.82, 2.24) is 9.80 Å². The number of piperazine rings is 1. The van der Waals surface area contributed by atoms with Crippen molar-refractivity contribution in [1.29, 1.82) is 5.41 Å². The van der Waals surface area contributed by atoms with Gasteiger partial charge in [0.15, 0.2) is 0 Å². The van der Waals surface area contributed by atoms with E-state index < -0.39 is 0 Å². The molecule has 76 valence electrons. The van der Waals surface area contributed by atoms with Crippen molar-refractivity contribution in [2.45, 2.75) is 6.42 Å². The lowest BCUT2D eigenvalue weighted by atomic mass is 10.3. The second kappa shape index (κ2) is 5.19. The molecular weight excluding hydrogens is 166 g/mol. The topological polar surface area (TPSA) is 39.6 Å². The molecule has 4 heteroatoms. The maximum absolute atomic E-state index is 7.78. The van der Waals surface area contributed by atoms with E-state index in [9.17, 15) is 0 Å². The maximum Gasteiger partial charge on any atom is 0.0981 e. The van der Waals surface area contributed by atoms with Crippen LogP contribution in [0.1, 0.15) is 6.42 Å². The minimum Gasteiger partial charge on any atom is -0.384 e. The number of hydrogen-bond donors (Lipinski definition) is 1. The van der Waals surface area contributed by atoms with Crippen molar-refractivity contribution in [2.24, 2.45) is 0 Å². The largest absolute Gasteiger partial charge is 0.384 e. The van der Waals surface area contributed by atoms with Gasteiger partial charge in [-0.1, -0.05) is 0 Å². The highest BCUT2D eigenvalue weighted by molar-refractivity contribution is 5.79. The van der Waals surface area contributed by atoms with Gasteiger partial charge in [0.05, 0.1) is 12.4 Å². The molecule has 1 heterocycles. The van der Waals surface area contributed by atoms with Crippen LogP contribution in [0, 0.1) is 5.41 Å². The summed E-state index contributed by atoms with van der Waals surface area (Å²) in [7, 11) is 3.80. The summed E-state index contributed by atoms with van der Waals surface area (Å²) in [5.74, 6) is 0.718. The van der Waals surface area contributed by atoms with Crippen LogP contribution >= 0.6 is 0 Å². The first-order valence-corrected chi connectivity index (χ1v) is 4.74. The Labute approximate surface area is 80.0 Å². The van der Waals surface area contributed by atoms with Gasteiger partial charge in [-0.15, -0.1) is 0 Å². The molecule has 1 saturated heterocycles. The fourth-order valence-electron chi connectivity index (χ4n) is 1.43. The van der Waals surface area contributed by atoms with E-state index >= 15 is 0 Å². The molecule has 0 amide bonds. The van der Waals surface area contributed by atoms with Gasteiger partial charge in [-0.3, -0.25) is 5.41 Å². The molecule has 0 aromatic rings. The second-order valence-corrected chi connectivity index (χ2v) is 3.48. The van der Waals surface area contributed by atoms with Crippen molar-refractivity contribution in [3.63, 3.8) is 0 Å². The Kier molecular flexibility index (Phi) is 4.18. The third-order valence-electron chi connectivity index (χ3n) is 2.43. The Hall–Kier alpha value is -0.610. The molecule has 0 bridgehead atoms. The molecule has 0 saturated carbocycles. The number of hydrogen-bond acceptors (Lipinski definition) is 3. The number of nitrogens with one attached hydrogen (secondary N) is 1. The zero-order valence-corrected chi connectivity index (χ0v) is 8.55. The number of ether oxygens (including phenoxy) is 1.